The van der Waals surface area contributed by atoms with E-state index in [0.29, 0.717) is 30.2 Å². The van der Waals surface area contributed by atoms with Gasteiger partial charge >= 0.3 is 0 Å². The number of hydrazone groups is 1. The van der Waals surface area contributed by atoms with Gasteiger partial charge in [0.2, 0.25) is 0 Å². The van der Waals surface area contributed by atoms with Gasteiger partial charge in [0.05, 0.1) is 25.4 Å². The lowest BCUT2D eigenvalue weighted by Crippen LogP contribution is -2.40. The van der Waals surface area contributed by atoms with Crippen molar-refractivity contribution in [2.24, 2.45) is 10.1 Å². The Morgan fingerprint density at radius 1 is 1.26 bits per heavy atom. The highest BCUT2D eigenvalue weighted by molar-refractivity contribution is 6.69. The number of nitriles is 1. The van der Waals surface area contributed by atoms with Crippen LogP contribution in [-0.2, 0) is 6.54 Å². The summed E-state index contributed by atoms with van der Waals surface area (Å²) in [7, 11) is 5.59. The smallest absolute Gasteiger partial charge is 0.253 e. The zero-order chi connectivity index (χ0) is 26.8. The molecule has 3 aliphatic rings. The number of hydrogen-bond acceptors (Lipinski definition) is 8. The SMILES string of the molecule is COc1ccc(CN(C2=CC(Cl)=NN3C2=NCC3C#N)c2cccc(C(=O)N(C)C3CCN(C)C3)c2)cc1. The molecule has 1 saturated heterocycles. The number of anilines is 1. The summed E-state index contributed by atoms with van der Waals surface area (Å²) in [5.41, 5.74) is 3.16. The third-order valence-electron chi connectivity index (χ3n) is 7.19. The molecule has 0 aliphatic carbocycles. The average molecular weight is 532 g/mol. The van der Waals surface area contributed by atoms with Crippen LogP contribution in [0.25, 0.3) is 0 Å². The van der Waals surface area contributed by atoms with Gasteiger partial charge in [-0.1, -0.05) is 29.8 Å². The highest BCUT2D eigenvalue weighted by Crippen LogP contribution is 2.31. The molecular weight excluding hydrogens is 502 g/mol. The molecule has 2 aromatic carbocycles. The summed E-state index contributed by atoms with van der Waals surface area (Å²) in [5, 5.41) is 15.8. The van der Waals surface area contributed by atoms with Crippen LogP contribution in [0.5, 0.6) is 5.75 Å². The third-order valence-corrected chi connectivity index (χ3v) is 7.38. The van der Waals surface area contributed by atoms with E-state index in [4.69, 9.17) is 16.3 Å². The number of rotatable bonds is 7. The van der Waals surface area contributed by atoms with Crippen LogP contribution in [0.4, 0.5) is 5.69 Å². The van der Waals surface area contributed by atoms with Gasteiger partial charge in [-0.15, -0.1) is 0 Å². The Balaban J connectivity index is 1.51. The number of carbonyl (C=O) groups excluding carboxylic acids is 1. The number of ether oxygens (including phenoxy) is 1. The molecule has 0 aromatic heterocycles. The fraction of sp³-hybridized carbons (Fsp3) is 0.357. The number of aliphatic imine (C=N–C) groups is 1. The topological polar surface area (TPSA) is 87.8 Å². The summed E-state index contributed by atoms with van der Waals surface area (Å²) < 4.78 is 5.32. The van der Waals surface area contributed by atoms with Crippen LogP contribution < -0.4 is 9.64 Å². The Bertz CT molecular complexity index is 1350. The molecule has 0 saturated carbocycles. The highest BCUT2D eigenvalue weighted by Gasteiger charge is 2.36. The molecule has 1 fully saturated rings. The minimum atomic E-state index is -0.517. The summed E-state index contributed by atoms with van der Waals surface area (Å²) >= 11 is 6.44. The molecule has 5 rings (SSSR count). The molecule has 0 bridgehead atoms. The number of nitrogens with zero attached hydrogens (tertiary/aromatic N) is 7. The molecule has 2 aromatic rings. The van der Waals surface area contributed by atoms with E-state index in [0.717, 1.165) is 36.5 Å². The fourth-order valence-electron chi connectivity index (χ4n) is 5.02. The number of allylic oxidation sites excluding steroid dienone is 1. The standard InChI is InChI=1S/C28H30ClN7O2/c1-33-12-11-22(18-33)34(2)28(37)20-5-4-6-21(13-20)35(17-19-7-9-24(38-3)10-8-19)25-14-26(29)32-36-23(15-30)16-31-27(25)36/h4-10,13-14,22-23H,11-12,16-18H2,1-3H3. The van der Waals surface area contributed by atoms with Gasteiger partial charge in [0, 0.05) is 43.5 Å². The van der Waals surface area contributed by atoms with Crippen LogP contribution in [0.1, 0.15) is 22.3 Å². The number of likely N-dealkylation sites (N-methyl/N-ethyl adjacent to an activating group) is 2. The van der Waals surface area contributed by atoms with Crippen molar-refractivity contribution in [3.63, 3.8) is 0 Å². The molecule has 9 nitrogen and oxygen atoms in total. The van der Waals surface area contributed by atoms with Crippen LogP contribution in [0, 0.1) is 11.3 Å². The molecule has 0 radical (unpaired) electrons. The molecule has 38 heavy (non-hydrogen) atoms. The van der Waals surface area contributed by atoms with E-state index in [1.165, 1.54) is 0 Å². The number of carbonyl (C=O) groups is 1. The maximum Gasteiger partial charge on any atom is 0.253 e. The Kier molecular flexibility index (Phi) is 7.36. The second kappa shape index (κ2) is 10.9. The minimum Gasteiger partial charge on any atom is -0.497 e. The van der Waals surface area contributed by atoms with E-state index < -0.39 is 6.04 Å². The second-order valence-corrected chi connectivity index (χ2v) is 10.1. The van der Waals surface area contributed by atoms with E-state index in [-0.39, 0.29) is 17.1 Å². The first-order chi connectivity index (χ1) is 18.4. The minimum absolute atomic E-state index is 0.0156. The van der Waals surface area contributed by atoms with Gasteiger partial charge in [-0.25, -0.2) is 5.01 Å². The predicted octanol–water partition coefficient (Wildman–Crippen LogP) is 3.53. The van der Waals surface area contributed by atoms with Gasteiger partial charge in [0.15, 0.2) is 17.0 Å². The lowest BCUT2D eigenvalue weighted by molar-refractivity contribution is 0.0737. The van der Waals surface area contributed by atoms with Crippen molar-refractivity contribution in [1.82, 2.24) is 14.8 Å². The highest BCUT2D eigenvalue weighted by atomic mass is 35.5. The number of benzene rings is 2. The van der Waals surface area contributed by atoms with Crippen LogP contribution in [0.2, 0.25) is 0 Å². The van der Waals surface area contributed by atoms with Crippen molar-refractivity contribution in [3.8, 4) is 11.8 Å². The third kappa shape index (κ3) is 5.10. The first-order valence-corrected chi connectivity index (χ1v) is 12.9. The Morgan fingerprint density at radius 2 is 2.05 bits per heavy atom. The fourth-order valence-corrected chi connectivity index (χ4v) is 5.21. The van der Waals surface area contributed by atoms with Gasteiger partial charge in [-0.2, -0.15) is 10.4 Å². The molecule has 0 N–H and O–H groups in total. The molecule has 3 heterocycles. The zero-order valence-corrected chi connectivity index (χ0v) is 22.5. The molecule has 2 atom stereocenters. The normalized spacial score (nSPS) is 20.7. The number of fused-ring (bicyclic) bond motifs is 1. The Morgan fingerprint density at radius 3 is 2.74 bits per heavy atom. The summed E-state index contributed by atoms with van der Waals surface area (Å²) in [6, 6.07) is 17.3. The van der Waals surface area contributed by atoms with Crippen molar-refractivity contribution in [2.45, 2.75) is 25.0 Å². The van der Waals surface area contributed by atoms with Crippen LogP contribution in [0.15, 0.2) is 70.4 Å². The van der Waals surface area contributed by atoms with Crippen molar-refractivity contribution in [3.05, 3.63) is 71.4 Å². The monoisotopic (exact) mass is 531 g/mol. The molecule has 3 aliphatic heterocycles. The first-order valence-electron chi connectivity index (χ1n) is 12.5. The van der Waals surface area contributed by atoms with E-state index >= 15 is 0 Å². The van der Waals surface area contributed by atoms with Gasteiger partial charge in [0.1, 0.15) is 5.75 Å². The largest absolute Gasteiger partial charge is 0.497 e. The number of hydrogen-bond donors (Lipinski definition) is 0. The maximum atomic E-state index is 13.5. The predicted molar refractivity (Wildman–Crippen MR) is 149 cm³/mol. The van der Waals surface area contributed by atoms with E-state index in [2.05, 4.69) is 33.0 Å². The molecule has 2 unspecified atom stereocenters. The van der Waals surface area contributed by atoms with Crippen LogP contribution in [0.3, 0.4) is 0 Å². The van der Waals surface area contributed by atoms with Gasteiger partial charge in [-0.05, 0) is 55.9 Å². The van der Waals surface area contributed by atoms with Gasteiger partial charge in [-0.3, -0.25) is 9.79 Å². The van der Waals surface area contributed by atoms with E-state index in [9.17, 15) is 10.1 Å². The van der Waals surface area contributed by atoms with Crippen LogP contribution in [-0.4, -0.2) is 84.6 Å². The van der Waals surface area contributed by atoms with E-state index in [1.807, 2.05) is 60.5 Å². The van der Waals surface area contributed by atoms with E-state index in [1.54, 1.807) is 18.2 Å². The Hall–Kier alpha value is -3.87. The maximum absolute atomic E-state index is 13.5. The zero-order valence-electron chi connectivity index (χ0n) is 21.7. The number of amides is 1. The number of likely N-dealkylation sites (tertiary alicyclic amines) is 1. The quantitative estimate of drug-likeness (QED) is 0.543. The average Bonchev–Trinajstić information content (AvgIpc) is 3.56. The number of halogens is 1. The van der Waals surface area contributed by atoms with Crippen molar-refractivity contribution >= 4 is 34.2 Å². The molecule has 0 spiro atoms. The number of amidine groups is 1. The van der Waals surface area contributed by atoms with Crippen LogP contribution >= 0.6 is 11.6 Å². The summed E-state index contributed by atoms with van der Waals surface area (Å²) in [6.45, 7) is 2.64. The molecular formula is C28H30ClN7O2. The second-order valence-electron chi connectivity index (χ2n) is 9.71. The summed E-state index contributed by atoms with van der Waals surface area (Å²) in [5.74, 6) is 1.33. The van der Waals surface area contributed by atoms with Crippen molar-refractivity contribution in [2.75, 3.05) is 45.7 Å². The van der Waals surface area contributed by atoms with Gasteiger partial charge < -0.3 is 19.4 Å². The summed E-state index contributed by atoms with van der Waals surface area (Å²) in [6.07, 6.45) is 2.72. The van der Waals surface area contributed by atoms with Crippen molar-refractivity contribution in [1.29, 1.82) is 5.26 Å². The van der Waals surface area contributed by atoms with Gasteiger partial charge in [0.25, 0.3) is 5.91 Å². The molecule has 10 heteroatoms. The lowest BCUT2D eigenvalue weighted by Gasteiger charge is -2.33. The summed E-state index contributed by atoms with van der Waals surface area (Å²) in [4.78, 5) is 24.3. The number of methoxy groups -OCH3 is 1. The molecule has 196 valence electrons. The molecule has 1 amide bonds. The lowest BCUT2D eigenvalue weighted by atomic mass is 10.1. The van der Waals surface area contributed by atoms with Crippen molar-refractivity contribution < 1.29 is 9.53 Å². The Labute approximate surface area is 227 Å². The first kappa shape index (κ1) is 25.8.